The number of imidazole rings is 1. The van der Waals surface area contributed by atoms with Crippen LogP contribution in [0.2, 0.25) is 0 Å². The number of nitrogens with zero attached hydrogens (tertiary/aromatic N) is 4. The fourth-order valence-corrected chi connectivity index (χ4v) is 2.50. The molecular formula is C17H22N4O. The van der Waals surface area contributed by atoms with Crippen LogP contribution in [0.25, 0.3) is 11.2 Å². The summed E-state index contributed by atoms with van der Waals surface area (Å²) in [6.07, 6.45) is 11.7. The molecule has 2 aliphatic rings. The Morgan fingerprint density at radius 1 is 1.23 bits per heavy atom. The Labute approximate surface area is 130 Å². The van der Waals surface area contributed by atoms with Crippen LogP contribution in [0.4, 0.5) is 0 Å². The largest absolute Gasteiger partial charge is 0.269 e. The predicted octanol–water partition coefficient (Wildman–Crippen LogP) is 3.65. The third kappa shape index (κ3) is 2.84. The van der Waals surface area contributed by atoms with E-state index >= 15 is 0 Å². The smallest absolute Gasteiger partial charge is 0.261 e. The average Bonchev–Trinajstić information content (AvgIpc) is 3.28. The first-order valence-electron chi connectivity index (χ1n) is 7.91. The average molecular weight is 298 g/mol. The Hall–Kier alpha value is -2.30. The highest BCUT2D eigenvalue weighted by Crippen LogP contribution is 2.47. The molecule has 2 aromatic rings. The van der Waals surface area contributed by atoms with Crippen LogP contribution in [0, 0.1) is 11.8 Å². The Morgan fingerprint density at radius 3 is 2.77 bits per heavy atom. The molecule has 0 aliphatic heterocycles. The van der Waals surface area contributed by atoms with Crippen molar-refractivity contribution in [1.82, 2.24) is 19.5 Å². The number of allylic oxidation sites excluding steroid dienone is 4. The summed E-state index contributed by atoms with van der Waals surface area (Å²) in [4.78, 5) is 24.6. The van der Waals surface area contributed by atoms with Gasteiger partial charge in [-0.25, -0.2) is 19.5 Å². The lowest BCUT2D eigenvalue weighted by Crippen LogP contribution is -2.15. The monoisotopic (exact) mass is 298 g/mol. The van der Waals surface area contributed by atoms with Crippen LogP contribution in [0.3, 0.4) is 0 Å². The van der Waals surface area contributed by atoms with Gasteiger partial charge in [0, 0.05) is 5.57 Å². The van der Waals surface area contributed by atoms with Crippen LogP contribution in [0.5, 0.6) is 0 Å². The number of fused-ring (bicyclic) bond motifs is 2. The fraction of sp³-hybridized carbons (Fsp3) is 0.412. The molecule has 0 N–H and O–H groups in total. The van der Waals surface area contributed by atoms with Crippen molar-refractivity contribution in [2.75, 3.05) is 0 Å². The van der Waals surface area contributed by atoms with Crippen LogP contribution >= 0.6 is 0 Å². The molecule has 1 saturated carbocycles. The lowest BCUT2D eigenvalue weighted by atomic mass is 10.0. The topological polar surface area (TPSA) is 60.7 Å². The normalized spacial score (nSPS) is 20.8. The Morgan fingerprint density at radius 2 is 2.00 bits per heavy atom. The second-order valence-electron chi connectivity index (χ2n) is 4.66. The summed E-state index contributed by atoms with van der Waals surface area (Å²) in [5.41, 5.74) is 2.08. The SMILES string of the molecule is CC.CC.O=C(C1=CC=CC2CC12)n1cnc2cncnc21. The van der Waals surface area contributed by atoms with E-state index in [-0.39, 0.29) is 5.91 Å². The van der Waals surface area contributed by atoms with Gasteiger partial charge in [0.05, 0.1) is 6.20 Å². The van der Waals surface area contributed by atoms with Crippen molar-refractivity contribution < 1.29 is 4.79 Å². The lowest BCUT2D eigenvalue weighted by molar-refractivity contribution is 0.0952. The minimum Gasteiger partial charge on any atom is -0.269 e. The summed E-state index contributed by atoms with van der Waals surface area (Å²) in [7, 11) is 0. The van der Waals surface area contributed by atoms with Crippen molar-refractivity contribution >= 4 is 17.1 Å². The summed E-state index contributed by atoms with van der Waals surface area (Å²) in [5.74, 6) is 0.924. The van der Waals surface area contributed by atoms with Gasteiger partial charge >= 0.3 is 0 Å². The lowest BCUT2D eigenvalue weighted by Gasteiger charge is -2.08. The van der Waals surface area contributed by atoms with Crippen molar-refractivity contribution in [3.63, 3.8) is 0 Å². The van der Waals surface area contributed by atoms with E-state index in [2.05, 4.69) is 21.0 Å². The maximum atomic E-state index is 12.5. The maximum absolute atomic E-state index is 12.5. The highest BCUT2D eigenvalue weighted by atomic mass is 16.2. The van der Waals surface area contributed by atoms with Gasteiger partial charge in [0.2, 0.25) is 0 Å². The van der Waals surface area contributed by atoms with Crippen LogP contribution in [-0.4, -0.2) is 25.4 Å². The van der Waals surface area contributed by atoms with Gasteiger partial charge in [0.1, 0.15) is 18.2 Å². The number of hydrogen-bond acceptors (Lipinski definition) is 4. The molecular weight excluding hydrogens is 276 g/mol. The standard InChI is InChI=1S/C13H10N4O.2C2H6/c18-13(9-3-1-2-8-4-10(8)9)17-7-16-11-5-14-6-15-12(11)17;2*1-2/h1-3,5-8,10H,4H2;2*1-2H3. The van der Waals surface area contributed by atoms with E-state index in [4.69, 9.17) is 0 Å². The molecule has 2 unspecified atom stereocenters. The summed E-state index contributed by atoms with van der Waals surface area (Å²) < 4.78 is 1.51. The second kappa shape index (κ2) is 7.11. The molecule has 5 nitrogen and oxygen atoms in total. The van der Waals surface area contributed by atoms with Gasteiger partial charge < -0.3 is 0 Å². The highest BCUT2D eigenvalue weighted by molar-refractivity contribution is 6.01. The number of hydrogen-bond donors (Lipinski definition) is 0. The van der Waals surface area contributed by atoms with Crippen LogP contribution in [-0.2, 0) is 0 Å². The Bertz CT molecular complexity index is 714. The fourth-order valence-electron chi connectivity index (χ4n) is 2.50. The first-order valence-corrected chi connectivity index (χ1v) is 7.91. The quantitative estimate of drug-likeness (QED) is 0.806. The zero-order chi connectivity index (χ0) is 16.1. The molecule has 0 bridgehead atoms. The molecule has 2 aliphatic carbocycles. The van der Waals surface area contributed by atoms with Crippen molar-refractivity contribution in [3.8, 4) is 0 Å². The van der Waals surface area contributed by atoms with Crippen molar-refractivity contribution in [3.05, 3.63) is 42.7 Å². The molecule has 0 radical (unpaired) electrons. The molecule has 0 aromatic carbocycles. The molecule has 22 heavy (non-hydrogen) atoms. The van der Waals surface area contributed by atoms with Crippen LogP contribution < -0.4 is 0 Å². The second-order valence-corrected chi connectivity index (χ2v) is 4.66. The molecule has 5 heteroatoms. The molecule has 1 fully saturated rings. The van der Waals surface area contributed by atoms with Gasteiger partial charge in [-0.2, -0.15) is 0 Å². The van der Waals surface area contributed by atoms with Gasteiger partial charge in [0.15, 0.2) is 5.65 Å². The van der Waals surface area contributed by atoms with E-state index in [9.17, 15) is 4.79 Å². The van der Waals surface area contributed by atoms with Crippen molar-refractivity contribution in [1.29, 1.82) is 0 Å². The minimum absolute atomic E-state index is 0.0203. The summed E-state index contributed by atoms with van der Waals surface area (Å²) >= 11 is 0. The number of rotatable bonds is 1. The summed E-state index contributed by atoms with van der Waals surface area (Å²) in [6.45, 7) is 8.00. The van der Waals surface area contributed by atoms with Gasteiger partial charge in [-0.3, -0.25) is 4.79 Å². The van der Waals surface area contributed by atoms with Gasteiger partial charge in [0.25, 0.3) is 5.91 Å². The molecule has 0 saturated heterocycles. The molecule has 0 amide bonds. The van der Waals surface area contributed by atoms with Gasteiger partial charge in [-0.05, 0) is 18.3 Å². The molecule has 116 valence electrons. The van der Waals surface area contributed by atoms with Crippen LogP contribution in [0.1, 0.15) is 38.9 Å². The van der Waals surface area contributed by atoms with E-state index in [1.807, 2.05) is 39.8 Å². The zero-order valence-electron chi connectivity index (χ0n) is 13.5. The van der Waals surface area contributed by atoms with E-state index < -0.39 is 0 Å². The van der Waals surface area contributed by atoms with E-state index in [0.29, 0.717) is 23.0 Å². The van der Waals surface area contributed by atoms with Gasteiger partial charge in [-0.1, -0.05) is 45.9 Å². The summed E-state index contributed by atoms with van der Waals surface area (Å²) in [5, 5.41) is 0. The minimum atomic E-state index is -0.0203. The number of aromatic nitrogens is 4. The highest BCUT2D eigenvalue weighted by Gasteiger charge is 2.42. The van der Waals surface area contributed by atoms with Gasteiger partial charge in [-0.15, -0.1) is 0 Å². The Kier molecular flexibility index (Phi) is 5.20. The van der Waals surface area contributed by atoms with Crippen molar-refractivity contribution in [2.45, 2.75) is 34.1 Å². The Balaban J connectivity index is 0.000000410. The number of carbonyl (C=O) groups is 1. The first kappa shape index (κ1) is 16.1. The predicted molar refractivity (Wildman–Crippen MR) is 87.5 cm³/mol. The maximum Gasteiger partial charge on any atom is 0.261 e. The molecule has 2 heterocycles. The van der Waals surface area contributed by atoms with Crippen LogP contribution in [0.15, 0.2) is 42.7 Å². The molecule has 2 aromatic heterocycles. The third-order valence-electron chi connectivity index (χ3n) is 3.55. The first-order chi connectivity index (χ1) is 10.8. The number of carbonyl (C=O) groups excluding carboxylic acids is 1. The van der Waals surface area contributed by atoms with Crippen molar-refractivity contribution in [2.24, 2.45) is 11.8 Å². The molecule has 0 spiro atoms. The molecule has 2 atom stereocenters. The molecule has 4 rings (SSSR count). The van der Waals surface area contributed by atoms with E-state index in [1.54, 1.807) is 6.20 Å². The zero-order valence-corrected chi connectivity index (χ0v) is 13.5. The van der Waals surface area contributed by atoms with E-state index in [0.717, 1.165) is 12.0 Å². The van der Waals surface area contributed by atoms with E-state index in [1.165, 1.54) is 17.2 Å². The third-order valence-corrected chi connectivity index (χ3v) is 3.55. The summed E-state index contributed by atoms with van der Waals surface area (Å²) in [6, 6.07) is 0.